The molecule has 5 nitrogen and oxygen atoms in total. The molecule has 1 aromatic heterocycles. The lowest BCUT2D eigenvalue weighted by Crippen LogP contribution is -2.36. The van der Waals surface area contributed by atoms with Crippen molar-refractivity contribution in [1.82, 2.24) is 15.3 Å². The Bertz CT molecular complexity index is 956. The van der Waals surface area contributed by atoms with Gasteiger partial charge in [0.2, 0.25) is 0 Å². The van der Waals surface area contributed by atoms with Gasteiger partial charge in [0.1, 0.15) is 0 Å². The van der Waals surface area contributed by atoms with Gasteiger partial charge in [-0.3, -0.25) is 0 Å². The summed E-state index contributed by atoms with van der Waals surface area (Å²) in [6, 6.07) is 9.34. The normalized spacial score (nSPS) is 25.2. The topological polar surface area (TPSA) is 78.3 Å². The summed E-state index contributed by atoms with van der Waals surface area (Å²) < 4.78 is 0. The third-order valence-corrected chi connectivity index (χ3v) is 8.03. The van der Waals surface area contributed by atoms with E-state index in [0.717, 1.165) is 49.2 Å². The van der Waals surface area contributed by atoms with Gasteiger partial charge in [-0.1, -0.05) is 46.2 Å². The number of rotatable bonds is 6. The van der Waals surface area contributed by atoms with E-state index in [1.54, 1.807) is 0 Å². The molecule has 0 spiro atoms. The summed E-state index contributed by atoms with van der Waals surface area (Å²) in [6.07, 6.45) is 9.16. The molecule has 1 unspecified atom stereocenters. The van der Waals surface area contributed by atoms with Crippen LogP contribution in [0.5, 0.6) is 0 Å². The summed E-state index contributed by atoms with van der Waals surface area (Å²) in [5, 5.41) is 22.1. The molecule has 0 amide bonds. The van der Waals surface area contributed by atoms with Gasteiger partial charge in [-0.15, -0.1) is 0 Å². The molecule has 33 heavy (non-hydrogen) atoms. The van der Waals surface area contributed by atoms with Crippen LogP contribution in [0.25, 0.3) is 11.4 Å². The highest BCUT2D eigenvalue weighted by Gasteiger charge is 2.37. The van der Waals surface area contributed by atoms with Gasteiger partial charge in [-0.05, 0) is 72.6 Å². The summed E-state index contributed by atoms with van der Waals surface area (Å²) in [7, 11) is 0. The smallest absolute Gasteiger partial charge is 0.159 e. The first-order valence-corrected chi connectivity index (χ1v) is 12.7. The number of hydrogen-bond acceptors (Lipinski definition) is 5. The zero-order chi connectivity index (χ0) is 23.6. The van der Waals surface area contributed by atoms with Crippen LogP contribution < -0.4 is 5.32 Å². The Hall–Kier alpha value is -1.82. The minimum Gasteiger partial charge on any atom is -0.394 e. The molecular weight excluding hydrogens is 410 g/mol. The first-order chi connectivity index (χ1) is 15.7. The molecule has 2 aromatic rings. The fraction of sp³-hybridized carbons (Fsp3) is 0.643. The second-order valence-electron chi connectivity index (χ2n) is 11.5. The number of hydrogen-bond donors (Lipinski definition) is 3. The molecule has 3 atom stereocenters. The fourth-order valence-corrected chi connectivity index (χ4v) is 5.64. The molecule has 1 heterocycles. The SMILES string of the molecule is CC1(C)CCC(C)(C)c2cc(-c3nccc(C4CCC[C@@H](NC[C@H](O)CO)CC4)n3)ccc21. The Labute approximate surface area is 199 Å². The number of nitrogens with one attached hydrogen (secondary N) is 1. The third kappa shape index (κ3) is 5.47. The first kappa shape index (κ1) is 24.3. The average molecular weight is 452 g/mol. The van der Waals surface area contributed by atoms with Gasteiger partial charge in [0.15, 0.2) is 5.82 Å². The first-order valence-electron chi connectivity index (χ1n) is 12.7. The summed E-state index contributed by atoms with van der Waals surface area (Å²) in [5.74, 6) is 1.27. The van der Waals surface area contributed by atoms with E-state index in [2.05, 4.69) is 62.3 Å². The Balaban J connectivity index is 1.52. The zero-order valence-electron chi connectivity index (χ0n) is 20.8. The molecule has 1 saturated carbocycles. The largest absolute Gasteiger partial charge is 0.394 e. The standard InChI is InChI=1S/C28H41N3O2/c1-27(2)13-14-28(3,4)24-16-20(9-11-23(24)27)26-29-15-12-25(31-26)19-6-5-7-21(10-8-19)30-17-22(33)18-32/h9,11-12,15-16,19,21-22,30,32-33H,5-8,10,13-14,17-18H2,1-4H3/t19?,21-,22+/m1/s1. The van der Waals surface area contributed by atoms with Crippen molar-refractivity contribution in [2.75, 3.05) is 13.2 Å². The number of benzene rings is 1. The van der Waals surface area contributed by atoms with Crippen molar-refractivity contribution in [3.8, 4) is 11.4 Å². The van der Waals surface area contributed by atoms with Crippen LogP contribution in [-0.2, 0) is 10.8 Å². The average Bonchev–Trinajstić information content (AvgIpc) is 3.06. The molecule has 0 saturated heterocycles. The highest BCUT2D eigenvalue weighted by Crippen LogP contribution is 2.46. The molecule has 2 aliphatic rings. The monoisotopic (exact) mass is 451 g/mol. The number of nitrogens with zero attached hydrogens (tertiary/aromatic N) is 2. The van der Waals surface area contributed by atoms with E-state index in [4.69, 9.17) is 10.1 Å². The van der Waals surface area contributed by atoms with Gasteiger partial charge in [0.05, 0.1) is 12.7 Å². The molecule has 0 bridgehead atoms. The minimum atomic E-state index is -0.680. The van der Waals surface area contributed by atoms with E-state index in [0.29, 0.717) is 18.5 Å². The third-order valence-electron chi connectivity index (χ3n) is 8.03. The van der Waals surface area contributed by atoms with E-state index in [1.165, 1.54) is 24.0 Å². The van der Waals surface area contributed by atoms with E-state index < -0.39 is 6.10 Å². The van der Waals surface area contributed by atoms with Crippen LogP contribution in [0.4, 0.5) is 0 Å². The highest BCUT2D eigenvalue weighted by atomic mass is 16.3. The molecule has 0 aliphatic heterocycles. The van der Waals surface area contributed by atoms with Crippen molar-refractivity contribution in [3.05, 3.63) is 47.3 Å². The van der Waals surface area contributed by atoms with Gasteiger partial charge in [0.25, 0.3) is 0 Å². The molecular formula is C28H41N3O2. The second kappa shape index (κ2) is 9.81. The predicted molar refractivity (Wildman–Crippen MR) is 133 cm³/mol. The van der Waals surface area contributed by atoms with Crippen LogP contribution in [0.3, 0.4) is 0 Å². The lowest BCUT2D eigenvalue weighted by molar-refractivity contribution is 0.0913. The number of aromatic nitrogens is 2. The molecule has 1 fully saturated rings. The van der Waals surface area contributed by atoms with Gasteiger partial charge in [-0.25, -0.2) is 9.97 Å². The quantitative estimate of drug-likeness (QED) is 0.547. The van der Waals surface area contributed by atoms with E-state index in [1.807, 2.05) is 6.20 Å². The Morgan fingerprint density at radius 3 is 2.52 bits per heavy atom. The number of fused-ring (bicyclic) bond motifs is 1. The zero-order valence-corrected chi connectivity index (χ0v) is 20.8. The molecule has 4 rings (SSSR count). The lowest BCUT2D eigenvalue weighted by Gasteiger charge is -2.42. The molecule has 3 N–H and O–H groups in total. The predicted octanol–water partition coefficient (Wildman–Crippen LogP) is 4.85. The maximum Gasteiger partial charge on any atom is 0.159 e. The van der Waals surface area contributed by atoms with Gasteiger partial charge < -0.3 is 15.5 Å². The van der Waals surface area contributed by atoms with Crippen LogP contribution in [0.2, 0.25) is 0 Å². The Morgan fingerprint density at radius 2 is 1.76 bits per heavy atom. The van der Waals surface area contributed by atoms with Gasteiger partial charge >= 0.3 is 0 Å². The maximum absolute atomic E-state index is 9.63. The van der Waals surface area contributed by atoms with Crippen LogP contribution >= 0.6 is 0 Å². The van der Waals surface area contributed by atoms with Crippen molar-refractivity contribution in [2.45, 2.75) is 102 Å². The van der Waals surface area contributed by atoms with E-state index in [-0.39, 0.29) is 17.4 Å². The maximum atomic E-state index is 9.63. The summed E-state index contributed by atoms with van der Waals surface area (Å²) in [5.41, 5.74) is 5.56. The molecule has 1 aromatic carbocycles. The molecule has 180 valence electrons. The van der Waals surface area contributed by atoms with Crippen molar-refractivity contribution in [2.24, 2.45) is 0 Å². The Kier molecular flexibility index (Phi) is 7.23. The number of aliphatic hydroxyl groups excluding tert-OH is 2. The summed E-state index contributed by atoms with van der Waals surface area (Å²) in [6.45, 7) is 9.70. The van der Waals surface area contributed by atoms with Crippen LogP contribution in [0.15, 0.2) is 30.5 Å². The Morgan fingerprint density at radius 1 is 1.00 bits per heavy atom. The highest BCUT2D eigenvalue weighted by molar-refractivity contribution is 5.60. The summed E-state index contributed by atoms with van der Waals surface area (Å²) in [4.78, 5) is 9.71. The molecule has 2 aliphatic carbocycles. The second-order valence-corrected chi connectivity index (χ2v) is 11.5. The van der Waals surface area contributed by atoms with Gasteiger partial charge in [0, 0.05) is 36.0 Å². The van der Waals surface area contributed by atoms with E-state index >= 15 is 0 Å². The minimum absolute atomic E-state index is 0.172. The van der Waals surface area contributed by atoms with Crippen molar-refractivity contribution in [1.29, 1.82) is 0 Å². The number of aliphatic hydroxyl groups is 2. The fourth-order valence-electron chi connectivity index (χ4n) is 5.64. The molecule has 0 radical (unpaired) electrons. The lowest BCUT2D eigenvalue weighted by atomic mass is 9.63. The summed E-state index contributed by atoms with van der Waals surface area (Å²) >= 11 is 0. The van der Waals surface area contributed by atoms with Gasteiger partial charge in [-0.2, -0.15) is 0 Å². The van der Waals surface area contributed by atoms with Crippen LogP contribution in [0.1, 0.15) is 95.4 Å². The van der Waals surface area contributed by atoms with Crippen LogP contribution in [-0.4, -0.2) is 45.5 Å². The molecule has 5 heteroatoms. The van der Waals surface area contributed by atoms with Crippen molar-refractivity contribution in [3.63, 3.8) is 0 Å². The van der Waals surface area contributed by atoms with Crippen molar-refractivity contribution < 1.29 is 10.2 Å². The van der Waals surface area contributed by atoms with E-state index in [9.17, 15) is 5.11 Å². The van der Waals surface area contributed by atoms with Crippen molar-refractivity contribution >= 4 is 0 Å². The van der Waals surface area contributed by atoms with Crippen LogP contribution in [0, 0.1) is 0 Å².